The van der Waals surface area contributed by atoms with E-state index in [-0.39, 0.29) is 24.0 Å². The summed E-state index contributed by atoms with van der Waals surface area (Å²) in [4.78, 5) is 56.5. The molecule has 3 aliphatic rings. The number of imide groups is 1. The van der Waals surface area contributed by atoms with Crippen molar-refractivity contribution in [1.29, 1.82) is 0 Å². The van der Waals surface area contributed by atoms with Crippen LogP contribution in [0.15, 0.2) is 48.5 Å². The van der Waals surface area contributed by atoms with Crippen LogP contribution < -0.4 is 4.90 Å². The average Bonchev–Trinajstić information content (AvgIpc) is 3.26. The zero-order valence-electron chi connectivity index (χ0n) is 17.1. The summed E-state index contributed by atoms with van der Waals surface area (Å²) in [5, 5.41) is 0. The second-order valence-corrected chi connectivity index (χ2v) is 8.69. The van der Waals surface area contributed by atoms with Crippen LogP contribution in [0.3, 0.4) is 0 Å². The molecule has 2 unspecified atom stereocenters. The molecule has 2 fully saturated rings. The first kappa shape index (κ1) is 18.9. The Balaban J connectivity index is 1.59. The van der Waals surface area contributed by atoms with E-state index >= 15 is 0 Å². The van der Waals surface area contributed by atoms with Gasteiger partial charge in [0.15, 0.2) is 17.1 Å². The van der Waals surface area contributed by atoms with Crippen molar-refractivity contribution in [2.45, 2.75) is 25.3 Å². The summed E-state index contributed by atoms with van der Waals surface area (Å²) in [7, 11) is 1.66. The lowest BCUT2D eigenvalue weighted by atomic mass is 9.77. The number of likely N-dealkylation sites (N-methyl/N-ethyl adjacent to an activating group) is 1. The Morgan fingerprint density at radius 3 is 1.97 bits per heavy atom. The molecule has 1 aliphatic carbocycles. The number of Topliss-reactive ketones (excluding diaryl/α,β-unsaturated/α-hetero) is 2. The summed E-state index contributed by atoms with van der Waals surface area (Å²) >= 11 is 0. The first-order valence-corrected chi connectivity index (χ1v) is 10.2. The Morgan fingerprint density at radius 1 is 0.867 bits per heavy atom. The molecular formula is C24H22N2O4. The van der Waals surface area contributed by atoms with Crippen molar-refractivity contribution < 1.29 is 19.2 Å². The van der Waals surface area contributed by atoms with Crippen molar-refractivity contribution >= 4 is 29.1 Å². The molecule has 5 rings (SSSR count). The molecule has 0 aromatic heterocycles. The molecular weight excluding hydrogens is 380 g/mol. The maximum atomic E-state index is 13.5. The number of nitrogens with zero attached hydrogens (tertiary/aromatic N) is 2. The molecule has 2 aromatic carbocycles. The number of likely N-dealkylation sites (tertiary alicyclic amines) is 1. The average molecular weight is 402 g/mol. The molecule has 2 heterocycles. The van der Waals surface area contributed by atoms with Crippen LogP contribution in [0.1, 0.15) is 46.0 Å². The molecule has 2 amide bonds. The number of ketones is 2. The van der Waals surface area contributed by atoms with Crippen LogP contribution in [0.4, 0.5) is 5.69 Å². The van der Waals surface area contributed by atoms with E-state index in [2.05, 4.69) is 13.8 Å². The fourth-order valence-corrected chi connectivity index (χ4v) is 5.34. The first-order chi connectivity index (χ1) is 14.3. The third kappa shape index (κ3) is 2.12. The predicted octanol–water partition coefficient (Wildman–Crippen LogP) is 2.68. The van der Waals surface area contributed by atoms with Gasteiger partial charge in [-0.15, -0.1) is 0 Å². The molecule has 0 bridgehead atoms. The van der Waals surface area contributed by atoms with E-state index in [1.165, 1.54) is 0 Å². The fraction of sp³-hybridized carbons (Fsp3) is 0.333. The number of carbonyl (C=O) groups excluding carboxylic acids is 4. The highest BCUT2D eigenvalue weighted by Gasteiger charge is 2.72. The second kappa shape index (κ2) is 6.19. The zero-order valence-corrected chi connectivity index (χ0v) is 17.1. The molecule has 152 valence electrons. The van der Waals surface area contributed by atoms with Gasteiger partial charge in [-0.2, -0.15) is 0 Å². The number of rotatable bonds is 2. The highest BCUT2D eigenvalue weighted by Crippen LogP contribution is 2.51. The highest BCUT2D eigenvalue weighted by atomic mass is 16.2. The molecule has 0 radical (unpaired) electrons. The number of benzene rings is 2. The number of hydrogen-bond acceptors (Lipinski definition) is 5. The fourth-order valence-electron chi connectivity index (χ4n) is 5.34. The second-order valence-electron chi connectivity index (χ2n) is 8.69. The van der Waals surface area contributed by atoms with E-state index in [0.717, 1.165) is 10.5 Å². The smallest absolute Gasteiger partial charge is 0.240 e. The maximum Gasteiger partial charge on any atom is 0.240 e. The van der Waals surface area contributed by atoms with Gasteiger partial charge in [-0.25, -0.2) is 4.90 Å². The monoisotopic (exact) mass is 402 g/mol. The molecule has 2 aromatic rings. The zero-order chi connectivity index (χ0) is 21.4. The van der Waals surface area contributed by atoms with Crippen LogP contribution >= 0.6 is 0 Å². The lowest BCUT2D eigenvalue weighted by molar-refractivity contribution is -0.123. The van der Waals surface area contributed by atoms with Gasteiger partial charge >= 0.3 is 0 Å². The quantitative estimate of drug-likeness (QED) is 0.570. The van der Waals surface area contributed by atoms with Crippen molar-refractivity contribution in [1.82, 2.24) is 4.90 Å². The highest BCUT2D eigenvalue weighted by molar-refractivity contribution is 6.37. The normalized spacial score (nSPS) is 25.0. The summed E-state index contributed by atoms with van der Waals surface area (Å²) < 4.78 is 0. The summed E-state index contributed by atoms with van der Waals surface area (Å²) in [5.74, 6) is -2.97. The van der Waals surface area contributed by atoms with Crippen molar-refractivity contribution in [3.8, 4) is 0 Å². The molecule has 0 N–H and O–H groups in total. The first-order valence-electron chi connectivity index (χ1n) is 10.2. The van der Waals surface area contributed by atoms with Crippen LogP contribution in [0.25, 0.3) is 0 Å². The van der Waals surface area contributed by atoms with Gasteiger partial charge in [0, 0.05) is 17.7 Å². The van der Waals surface area contributed by atoms with Crippen molar-refractivity contribution in [3.05, 3.63) is 65.2 Å². The van der Waals surface area contributed by atoms with Gasteiger partial charge in [0.2, 0.25) is 11.8 Å². The number of fused-ring (bicyclic) bond motifs is 3. The number of anilines is 1. The Kier molecular flexibility index (Phi) is 3.89. The minimum Gasteiger partial charge on any atom is -0.291 e. The molecule has 2 atom stereocenters. The van der Waals surface area contributed by atoms with E-state index in [0.29, 0.717) is 22.7 Å². The molecule has 6 heteroatoms. The largest absolute Gasteiger partial charge is 0.291 e. The van der Waals surface area contributed by atoms with Gasteiger partial charge < -0.3 is 0 Å². The Hall–Kier alpha value is -3.12. The van der Waals surface area contributed by atoms with Crippen LogP contribution in [0.2, 0.25) is 0 Å². The van der Waals surface area contributed by atoms with E-state index in [4.69, 9.17) is 0 Å². The topological polar surface area (TPSA) is 74.8 Å². The Bertz CT molecular complexity index is 1080. The van der Waals surface area contributed by atoms with Crippen molar-refractivity contribution in [2.24, 2.45) is 11.8 Å². The van der Waals surface area contributed by atoms with Gasteiger partial charge in [-0.1, -0.05) is 50.2 Å². The van der Waals surface area contributed by atoms with E-state index < -0.39 is 23.3 Å². The van der Waals surface area contributed by atoms with Crippen LogP contribution in [0, 0.1) is 11.8 Å². The minimum absolute atomic E-state index is 0.196. The third-order valence-corrected chi connectivity index (χ3v) is 6.88. The SMILES string of the molecule is CC(C)c1ccc(N2C(=O)C3CN(C)C4(C(=O)c5ccccc5C4=O)C3C2=O)cc1. The third-order valence-electron chi connectivity index (χ3n) is 6.88. The number of hydrogen-bond donors (Lipinski definition) is 0. The van der Waals surface area contributed by atoms with Gasteiger partial charge in [0.1, 0.15) is 0 Å². The number of amides is 2. The Labute approximate surface area is 174 Å². The van der Waals surface area contributed by atoms with Gasteiger partial charge in [0.25, 0.3) is 0 Å². The number of carbonyl (C=O) groups is 4. The summed E-state index contributed by atoms with van der Waals surface area (Å²) in [5.41, 5.74) is 0.612. The van der Waals surface area contributed by atoms with Crippen LogP contribution in [0.5, 0.6) is 0 Å². The summed E-state index contributed by atoms with van der Waals surface area (Å²) in [6.45, 7) is 4.33. The molecule has 6 nitrogen and oxygen atoms in total. The minimum atomic E-state index is -1.63. The van der Waals surface area contributed by atoms with E-state index in [1.54, 1.807) is 48.3 Å². The lowest BCUT2D eigenvalue weighted by Crippen LogP contribution is -2.58. The van der Waals surface area contributed by atoms with Gasteiger partial charge in [-0.05, 0) is 30.7 Å². The Morgan fingerprint density at radius 2 is 1.43 bits per heavy atom. The van der Waals surface area contributed by atoms with Crippen molar-refractivity contribution in [2.75, 3.05) is 18.5 Å². The van der Waals surface area contributed by atoms with Crippen LogP contribution in [-0.4, -0.2) is 47.4 Å². The van der Waals surface area contributed by atoms with Gasteiger partial charge in [0.05, 0.1) is 17.5 Å². The molecule has 1 spiro atoms. The molecule has 0 saturated carbocycles. The molecule has 30 heavy (non-hydrogen) atoms. The molecule has 2 aliphatic heterocycles. The van der Waals surface area contributed by atoms with Gasteiger partial charge in [-0.3, -0.25) is 24.1 Å². The summed E-state index contributed by atoms with van der Waals surface area (Å²) in [6.07, 6.45) is 0. The lowest BCUT2D eigenvalue weighted by Gasteiger charge is -2.33. The predicted molar refractivity (Wildman–Crippen MR) is 110 cm³/mol. The maximum absolute atomic E-state index is 13.5. The van der Waals surface area contributed by atoms with E-state index in [9.17, 15) is 19.2 Å². The van der Waals surface area contributed by atoms with Crippen LogP contribution in [-0.2, 0) is 9.59 Å². The van der Waals surface area contributed by atoms with E-state index in [1.807, 2.05) is 12.1 Å². The molecule has 2 saturated heterocycles. The summed E-state index contributed by atoms with van der Waals surface area (Å²) in [6, 6.07) is 14.0. The standard InChI is InChI=1S/C24H22N2O4/c1-13(2)14-8-10-15(11-9-14)26-22(29)18-12-25(3)24(19(18)23(26)30)20(27)16-6-4-5-7-17(16)21(24)28/h4-11,13,18-19H,12H2,1-3H3. The van der Waals surface area contributed by atoms with Crippen molar-refractivity contribution in [3.63, 3.8) is 0 Å².